The first-order valence-electron chi connectivity index (χ1n) is 7.39. The van der Waals surface area contributed by atoms with Gasteiger partial charge in [0.15, 0.2) is 5.60 Å². The summed E-state index contributed by atoms with van der Waals surface area (Å²) in [5.74, 6) is -1.14. The number of nitrogens with zero attached hydrogens (tertiary/aromatic N) is 1. The Balaban J connectivity index is 1.73. The molecule has 0 bridgehead atoms. The van der Waals surface area contributed by atoms with Gasteiger partial charge in [-0.05, 0) is 30.5 Å². The van der Waals surface area contributed by atoms with Crippen molar-refractivity contribution in [2.24, 2.45) is 0 Å². The fourth-order valence-electron chi connectivity index (χ4n) is 3.12. The maximum atomic E-state index is 12.8. The van der Waals surface area contributed by atoms with Gasteiger partial charge in [0.1, 0.15) is 0 Å². The number of hydrogen-bond donors (Lipinski definition) is 2. The number of benzene rings is 1. The van der Waals surface area contributed by atoms with Crippen LogP contribution in [0.1, 0.15) is 31.2 Å². The van der Waals surface area contributed by atoms with Crippen LogP contribution in [0, 0.1) is 0 Å². The largest absolute Gasteiger partial charge is 0.479 e. The Bertz CT molecular complexity index is 601. The Labute approximate surface area is 137 Å². The molecule has 0 atom stereocenters. The maximum Gasteiger partial charge on any atom is 0.335 e. The molecule has 1 aromatic carbocycles. The van der Waals surface area contributed by atoms with Gasteiger partial charge >= 0.3 is 5.97 Å². The van der Waals surface area contributed by atoms with Gasteiger partial charge in [0.05, 0.1) is 5.41 Å². The molecule has 1 aliphatic carbocycles. The zero-order chi connectivity index (χ0) is 16.0. The van der Waals surface area contributed by atoms with Gasteiger partial charge in [0, 0.05) is 30.4 Å². The van der Waals surface area contributed by atoms with E-state index in [1.807, 2.05) is 24.3 Å². The highest BCUT2D eigenvalue weighted by atomic mass is 79.9. The molecule has 1 aromatic rings. The first-order valence-corrected chi connectivity index (χ1v) is 8.18. The first kappa shape index (κ1) is 15.5. The van der Waals surface area contributed by atoms with Crippen molar-refractivity contribution in [3.05, 3.63) is 34.3 Å². The van der Waals surface area contributed by atoms with Crippen LogP contribution in [0.5, 0.6) is 0 Å². The van der Waals surface area contributed by atoms with Gasteiger partial charge in [-0.15, -0.1) is 0 Å². The third kappa shape index (κ3) is 2.54. The Morgan fingerprint density at radius 2 is 1.59 bits per heavy atom. The molecule has 118 valence electrons. The molecule has 22 heavy (non-hydrogen) atoms. The van der Waals surface area contributed by atoms with Gasteiger partial charge in [-0.1, -0.05) is 28.1 Å². The van der Waals surface area contributed by atoms with Crippen LogP contribution in [0.2, 0.25) is 0 Å². The third-order valence-corrected chi connectivity index (χ3v) is 5.36. The molecule has 0 aromatic heterocycles. The summed E-state index contributed by atoms with van der Waals surface area (Å²) in [4.78, 5) is 25.6. The van der Waals surface area contributed by atoms with E-state index in [1.54, 1.807) is 4.90 Å². The van der Waals surface area contributed by atoms with Gasteiger partial charge in [-0.25, -0.2) is 4.79 Å². The lowest BCUT2D eigenvalue weighted by Gasteiger charge is -2.37. The number of hydrogen-bond acceptors (Lipinski definition) is 3. The fourth-order valence-corrected chi connectivity index (χ4v) is 3.38. The van der Waals surface area contributed by atoms with E-state index in [-0.39, 0.29) is 18.7 Å². The number of amides is 1. The number of carboxylic acid groups (broad SMARTS) is 1. The summed E-state index contributed by atoms with van der Waals surface area (Å²) in [7, 11) is 0. The van der Waals surface area contributed by atoms with Crippen molar-refractivity contribution < 1.29 is 19.8 Å². The predicted molar refractivity (Wildman–Crippen MR) is 83.5 cm³/mol. The summed E-state index contributed by atoms with van der Waals surface area (Å²) >= 11 is 3.39. The van der Waals surface area contributed by atoms with Gasteiger partial charge in [0.2, 0.25) is 5.91 Å². The van der Waals surface area contributed by atoms with Gasteiger partial charge in [0.25, 0.3) is 0 Å². The Kier molecular flexibility index (Phi) is 3.77. The number of carbonyl (C=O) groups is 2. The smallest absolute Gasteiger partial charge is 0.335 e. The van der Waals surface area contributed by atoms with Crippen LogP contribution in [-0.4, -0.2) is 45.7 Å². The van der Waals surface area contributed by atoms with Gasteiger partial charge in [-0.3, -0.25) is 4.79 Å². The number of aliphatic carboxylic acids is 1. The number of aliphatic hydroxyl groups is 1. The van der Waals surface area contributed by atoms with Crippen molar-refractivity contribution >= 4 is 27.8 Å². The molecular weight excluding hydrogens is 350 g/mol. The lowest BCUT2D eigenvalue weighted by atomic mass is 9.89. The van der Waals surface area contributed by atoms with E-state index in [4.69, 9.17) is 5.11 Å². The van der Waals surface area contributed by atoms with Crippen LogP contribution in [0.15, 0.2) is 28.7 Å². The number of piperidine rings is 1. The Morgan fingerprint density at radius 3 is 2.05 bits per heavy atom. The SMILES string of the molecule is O=C(O)C1(O)CCN(C(=O)C2(c3ccc(Br)cc3)CC2)CC1. The quantitative estimate of drug-likeness (QED) is 0.855. The van der Waals surface area contributed by atoms with E-state index in [0.717, 1.165) is 22.9 Å². The lowest BCUT2D eigenvalue weighted by Crippen LogP contribution is -2.52. The molecule has 6 heteroatoms. The molecule has 2 fully saturated rings. The summed E-state index contributed by atoms with van der Waals surface area (Å²) in [5.41, 5.74) is -1.12. The molecule has 3 rings (SSSR count). The molecular formula is C16H18BrNO4. The highest BCUT2D eigenvalue weighted by Gasteiger charge is 2.54. The standard InChI is InChI=1S/C16H18BrNO4/c17-12-3-1-11(2-4-12)15(5-6-15)13(19)18-9-7-16(22,8-10-18)14(20)21/h1-4,22H,5-10H2,(H,20,21). The maximum absolute atomic E-state index is 12.8. The topological polar surface area (TPSA) is 77.8 Å². The van der Waals surface area contributed by atoms with Crippen LogP contribution in [0.25, 0.3) is 0 Å². The predicted octanol–water partition coefficient (Wildman–Crippen LogP) is 1.92. The molecule has 0 radical (unpaired) electrons. The van der Waals surface area contributed by atoms with Crippen LogP contribution >= 0.6 is 15.9 Å². The van der Waals surface area contributed by atoms with Crippen molar-refractivity contribution in [2.45, 2.75) is 36.7 Å². The van der Waals surface area contributed by atoms with Gasteiger partial charge < -0.3 is 15.1 Å². The van der Waals surface area contributed by atoms with Crippen molar-refractivity contribution in [1.29, 1.82) is 0 Å². The number of likely N-dealkylation sites (tertiary alicyclic amines) is 1. The highest BCUT2D eigenvalue weighted by molar-refractivity contribution is 9.10. The summed E-state index contributed by atoms with van der Waals surface area (Å²) in [6.45, 7) is 0.583. The molecule has 1 saturated carbocycles. The van der Waals surface area contributed by atoms with E-state index < -0.39 is 17.0 Å². The molecule has 0 unspecified atom stereocenters. The third-order valence-electron chi connectivity index (χ3n) is 4.83. The lowest BCUT2D eigenvalue weighted by molar-refractivity contribution is -0.165. The minimum absolute atomic E-state index is 0.0576. The first-order chi connectivity index (χ1) is 10.4. The number of halogens is 1. The van der Waals surface area contributed by atoms with E-state index in [0.29, 0.717) is 13.1 Å². The van der Waals surface area contributed by atoms with E-state index >= 15 is 0 Å². The average molecular weight is 368 g/mol. The molecule has 1 amide bonds. The zero-order valence-corrected chi connectivity index (χ0v) is 13.7. The minimum Gasteiger partial charge on any atom is -0.479 e. The number of carboxylic acids is 1. The summed E-state index contributed by atoms with van der Waals surface area (Å²) in [6.07, 6.45) is 1.83. The number of carbonyl (C=O) groups excluding carboxylic acids is 1. The Hall–Kier alpha value is -1.40. The molecule has 2 aliphatic rings. The average Bonchev–Trinajstić information content (AvgIpc) is 3.29. The zero-order valence-electron chi connectivity index (χ0n) is 12.1. The van der Waals surface area contributed by atoms with Crippen LogP contribution in [-0.2, 0) is 15.0 Å². The number of rotatable bonds is 3. The Morgan fingerprint density at radius 1 is 1.05 bits per heavy atom. The van der Waals surface area contributed by atoms with Crippen LogP contribution < -0.4 is 0 Å². The second-order valence-electron chi connectivity index (χ2n) is 6.22. The van der Waals surface area contributed by atoms with Crippen LogP contribution in [0.3, 0.4) is 0 Å². The van der Waals surface area contributed by atoms with Crippen molar-refractivity contribution in [3.63, 3.8) is 0 Å². The molecule has 2 N–H and O–H groups in total. The van der Waals surface area contributed by atoms with Crippen molar-refractivity contribution in [1.82, 2.24) is 4.90 Å². The fraction of sp³-hybridized carbons (Fsp3) is 0.500. The minimum atomic E-state index is -1.69. The van der Waals surface area contributed by atoms with E-state index in [1.165, 1.54) is 0 Å². The van der Waals surface area contributed by atoms with Gasteiger partial charge in [-0.2, -0.15) is 0 Å². The van der Waals surface area contributed by atoms with Crippen LogP contribution in [0.4, 0.5) is 0 Å². The van der Waals surface area contributed by atoms with E-state index in [2.05, 4.69) is 15.9 Å². The molecule has 1 aliphatic heterocycles. The summed E-state index contributed by atoms with van der Waals surface area (Å²) < 4.78 is 0.976. The molecule has 1 saturated heterocycles. The van der Waals surface area contributed by atoms with Crippen molar-refractivity contribution in [3.8, 4) is 0 Å². The van der Waals surface area contributed by atoms with Crippen molar-refractivity contribution in [2.75, 3.05) is 13.1 Å². The summed E-state index contributed by atoms with van der Waals surface area (Å²) in [5, 5.41) is 19.0. The molecule has 0 spiro atoms. The normalized spacial score (nSPS) is 22.2. The summed E-state index contributed by atoms with van der Waals surface area (Å²) in [6, 6.07) is 7.79. The second kappa shape index (κ2) is 5.35. The van der Waals surface area contributed by atoms with E-state index in [9.17, 15) is 14.7 Å². The molecule has 1 heterocycles. The highest BCUT2D eigenvalue weighted by Crippen LogP contribution is 2.50. The second-order valence-corrected chi connectivity index (χ2v) is 7.13. The monoisotopic (exact) mass is 367 g/mol. The molecule has 5 nitrogen and oxygen atoms in total.